The first-order chi connectivity index (χ1) is 9.99. The molecule has 8 nitrogen and oxygen atoms in total. The summed E-state index contributed by atoms with van der Waals surface area (Å²) in [6, 6.07) is 0. The molecule has 0 saturated heterocycles. The van der Waals surface area contributed by atoms with E-state index < -0.39 is 11.2 Å². The third-order valence-electron chi connectivity index (χ3n) is 3.31. The van der Waals surface area contributed by atoms with E-state index >= 15 is 0 Å². The van der Waals surface area contributed by atoms with Crippen LogP contribution in [-0.2, 0) is 13.6 Å². The number of aryl methyl sites for hydroxylation is 2. The van der Waals surface area contributed by atoms with Crippen molar-refractivity contribution < 1.29 is 0 Å². The van der Waals surface area contributed by atoms with Crippen LogP contribution in [0.15, 0.2) is 14.7 Å². The molecule has 0 aliphatic rings. The Morgan fingerprint density at radius 2 is 2.10 bits per heavy atom. The summed E-state index contributed by atoms with van der Waals surface area (Å²) >= 11 is 0. The predicted octanol–water partition coefficient (Wildman–Crippen LogP) is 1.03. The maximum absolute atomic E-state index is 12.1. The van der Waals surface area contributed by atoms with Gasteiger partial charge in [-0.2, -0.15) is 10.1 Å². The average Bonchev–Trinajstić information content (AvgIpc) is 2.82. The normalized spacial score (nSPS) is 12.1. The first-order valence-electron chi connectivity index (χ1n) is 6.98. The fourth-order valence-corrected chi connectivity index (χ4v) is 1.99. The van der Waals surface area contributed by atoms with Gasteiger partial charge in [0.05, 0.1) is 0 Å². The molecule has 0 bridgehead atoms. The monoisotopic (exact) mass is 292 g/mol. The Hall–Kier alpha value is -2.38. The molecule has 0 aromatic carbocycles. The predicted molar refractivity (Wildman–Crippen MR) is 82.9 cm³/mol. The molecular weight excluding hydrogens is 272 g/mol. The summed E-state index contributed by atoms with van der Waals surface area (Å²) in [6.45, 7) is 6.53. The Balaban J connectivity index is 2.68. The Labute approximate surface area is 121 Å². The van der Waals surface area contributed by atoms with Crippen LogP contribution in [0.5, 0.6) is 0 Å². The van der Waals surface area contributed by atoms with Crippen molar-refractivity contribution >= 4 is 22.8 Å². The second-order valence-electron chi connectivity index (χ2n) is 4.89. The van der Waals surface area contributed by atoms with Crippen molar-refractivity contribution in [1.82, 2.24) is 19.1 Å². The summed E-state index contributed by atoms with van der Waals surface area (Å²) in [6.07, 6.45) is 1.65. The zero-order valence-corrected chi connectivity index (χ0v) is 12.7. The van der Waals surface area contributed by atoms with Crippen molar-refractivity contribution in [3.8, 4) is 0 Å². The highest BCUT2D eigenvalue weighted by molar-refractivity contribution is 5.82. The lowest BCUT2D eigenvalue weighted by Gasteiger charge is -2.06. The Morgan fingerprint density at radius 1 is 1.38 bits per heavy atom. The van der Waals surface area contributed by atoms with E-state index in [9.17, 15) is 9.59 Å². The van der Waals surface area contributed by atoms with E-state index in [0.717, 1.165) is 18.6 Å². The third kappa shape index (κ3) is 2.74. The highest BCUT2D eigenvalue weighted by Gasteiger charge is 2.16. The quantitative estimate of drug-likeness (QED) is 0.635. The van der Waals surface area contributed by atoms with Crippen LogP contribution in [0, 0.1) is 0 Å². The van der Waals surface area contributed by atoms with E-state index in [4.69, 9.17) is 0 Å². The van der Waals surface area contributed by atoms with Crippen LogP contribution >= 0.6 is 0 Å². The van der Waals surface area contributed by atoms with Crippen molar-refractivity contribution in [1.29, 1.82) is 0 Å². The summed E-state index contributed by atoms with van der Waals surface area (Å²) in [5, 5.41) is 4.22. The number of H-pyrrole nitrogens is 1. The standard InChI is InChI=1S/C13H20N6O2/c1-5-7-19-9-10(18(4)13(21)15-11(9)20)14-12(19)17-16-8(3)6-2/h5-7H2,1-4H3,(H,14,17)(H,15,20,21). The number of hydrogen-bond donors (Lipinski definition) is 2. The molecule has 8 heteroatoms. The second kappa shape index (κ2) is 5.94. The second-order valence-corrected chi connectivity index (χ2v) is 4.89. The zero-order valence-electron chi connectivity index (χ0n) is 12.7. The fraction of sp³-hybridized carbons (Fsp3) is 0.538. The van der Waals surface area contributed by atoms with Crippen molar-refractivity contribution in [2.45, 2.75) is 40.2 Å². The molecule has 2 aromatic rings. The smallest absolute Gasteiger partial charge is 0.303 e. The van der Waals surface area contributed by atoms with Gasteiger partial charge in [0.2, 0.25) is 5.95 Å². The summed E-state index contributed by atoms with van der Waals surface area (Å²) in [4.78, 5) is 30.4. The molecule has 0 fully saturated rings. The Morgan fingerprint density at radius 3 is 2.71 bits per heavy atom. The minimum absolute atomic E-state index is 0.351. The van der Waals surface area contributed by atoms with Gasteiger partial charge in [-0.3, -0.25) is 14.3 Å². The van der Waals surface area contributed by atoms with Crippen LogP contribution in [-0.4, -0.2) is 24.8 Å². The lowest BCUT2D eigenvalue weighted by Crippen LogP contribution is -2.29. The van der Waals surface area contributed by atoms with Gasteiger partial charge in [0.25, 0.3) is 5.56 Å². The molecule has 0 unspecified atom stereocenters. The number of nitrogens with one attached hydrogen (secondary N) is 2. The summed E-state index contributed by atoms with van der Waals surface area (Å²) in [7, 11) is 1.58. The number of anilines is 1. The molecular formula is C13H20N6O2. The molecule has 0 atom stereocenters. The van der Waals surface area contributed by atoms with Crippen LogP contribution in [0.4, 0.5) is 5.95 Å². The maximum Gasteiger partial charge on any atom is 0.329 e. The molecule has 0 radical (unpaired) electrons. The number of hydrogen-bond acceptors (Lipinski definition) is 5. The van der Waals surface area contributed by atoms with Crippen molar-refractivity contribution in [3.05, 3.63) is 20.8 Å². The molecule has 2 aromatic heterocycles. The van der Waals surface area contributed by atoms with Crippen LogP contribution in [0.25, 0.3) is 11.2 Å². The number of fused-ring (bicyclic) bond motifs is 1. The van der Waals surface area contributed by atoms with Crippen molar-refractivity contribution in [2.24, 2.45) is 12.1 Å². The van der Waals surface area contributed by atoms with E-state index in [1.54, 1.807) is 11.6 Å². The number of imidazole rings is 1. The Bertz CT molecular complexity index is 795. The van der Waals surface area contributed by atoms with Gasteiger partial charge < -0.3 is 4.57 Å². The molecule has 0 aliphatic carbocycles. The van der Waals surface area contributed by atoms with Gasteiger partial charge >= 0.3 is 5.69 Å². The molecule has 0 spiro atoms. The van der Waals surface area contributed by atoms with E-state index in [-0.39, 0.29) is 0 Å². The summed E-state index contributed by atoms with van der Waals surface area (Å²) in [5.41, 5.74) is 3.63. The molecule has 0 amide bonds. The molecule has 0 aliphatic heterocycles. The van der Waals surface area contributed by atoms with E-state index in [1.165, 1.54) is 4.57 Å². The first kappa shape index (κ1) is 15.0. The highest BCUT2D eigenvalue weighted by Crippen LogP contribution is 2.15. The lowest BCUT2D eigenvalue weighted by molar-refractivity contribution is 0.698. The van der Waals surface area contributed by atoms with Crippen molar-refractivity contribution in [2.75, 3.05) is 5.43 Å². The first-order valence-corrected chi connectivity index (χ1v) is 6.98. The van der Waals surface area contributed by atoms with Gasteiger partial charge in [-0.05, 0) is 19.8 Å². The number of nitrogens with zero attached hydrogens (tertiary/aromatic N) is 4. The van der Waals surface area contributed by atoms with E-state index in [2.05, 4.69) is 20.5 Å². The number of hydrazone groups is 1. The average molecular weight is 292 g/mol. The molecule has 114 valence electrons. The molecule has 2 rings (SSSR count). The third-order valence-corrected chi connectivity index (χ3v) is 3.31. The van der Waals surface area contributed by atoms with Crippen LogP contribution < -0.4 is 16.7 Å². The maximum atomic E-state index is 12.1. The van der Waals surface area contributed by atoms with Gasteiger partial charge in [-0.25, -0.2) is 10.2 Å². The highest BCUT2D eigenvalue weighted by atomic mass is 16.2. The lowest BCUT2D eigenvalue weighted by atomic mass is 10.3. The van der Waals surface area contributed by atoms with Gasteiger partial charge in [0.1, 0.15) is 0 Å². The minimum atomic E-state index is -0.478. The van der Waals surface area contributed by atoms with E-state index in [1.807, 2.05) is 20.8 Å². The van der Waals surface area contributed by atoms with Crippen LogP contribution in [0.2, 0.25) is 0 Å². The van der Waals surface area contributed by atoms with Crippen LogP contribution in [0.3, 0.4) is 0 Å². The van der Waals surface area contributed by atoms with E-state index in [0.29, 0.717) is 23.7 Å². The van der Waals surface area contributed by atoms with Gasteiger partial charge in [-0.1, -0.05) is 13.8 Å². The molecule has 2 N–H and O–H groups in total. The molecule has 2 heterocycles. The number of aromatic amines is 1. The molecule has 21 heavy (non-hydrogen) atoms. The van der Waals surface area contributed by atoms with Gasteiger partial charge in [0.15, 0.2) is 11.2 Å². The number of rotatable bonds is 5. The minimum Gasteiger partial charge on any atom is -0.303 e. The fourth-order valence-electron chi connectivity index (χ4n) is 1.99. The van der Waals surface area contributed by atoms with Gasteiger partial charge in [-0.15, -0.1) is 0 Å². The number of aromatic nitrogens is 4. The summed E-state index contributed by atoms with van der Waals surface area (Å²) < 4.78 is 3.07. The SMILES string of the molecule is CCCn1c(NN=C(C)CC)nc2c1c(=O)[nH]c(=O)n2C. The van der Waals surface area contributed by atoms with Crippen molar-refractivity contribution in [3.63, 3.8) is 0 Å². The zero-order chi connectivity index (χ0) is 15.6. The molecule has 0 saturated carbocycles. The summed E-state index contributed by atoms with van der Waals surface area (Å²) in [5.74, 6) is 0.464. The largest absolute Gasteiger partial charge is 0.329 e. The van der Waals surface area contributed by atoms with Crippen LogP contribution in [0.1, 0.15) is 33.6 Å². The Kier molecular flexibility index (Phi) is 4.25. The van der Waals surface area contributed by atoms with Gasteiger partial charge in [0, 0.05) is 19.3 Å². The topological polar surface area (TPSA) is 97.1 Å².